The quantitative estimate of drug-likeness (QED) is 0.793. The minimum absolute atomic E-state index is 0.407. The SMILES string of the molecule is Cc1cccc([C@@H](C)NC2CCCCC2C(C)(C)C)c1. The monoisotopic (exact) mass is 273 g/mol. The summed E-state index contributed by atoms with van der Waals surface area (Å²) in [5.41, 5.74) is 3.18. The molecule has 1 aromatic carbocycles. The average Bonchev–Trinajstić information content (AvgIpc) is 2.38. The molecule has 0 amide bonds. The second-order valence-electron chi connectivity index (χ2n) is 7.67. The van der Waals surface area contributed by atoms with Crippen LogP contribution >= 0.6 is 0 Å². The third kappa shape index (κ3) is 3.85. The molecule has 0 spiro atoms. The lowest BCUT2D eigenvalue weighted by atomic mass is 9.69. The lowest BCUT2D eigenvalue weighted by Gasteiger charge is -2.42. The van der Waals surface area contributed by atoms with Crippen LogP contribution in [0.4, 0.5) is 0 Å². The van der Waals surface area contributed by atoms with Gasteiger partial charge >= 0.3 is 0 Å². The molecule has 2 rings (SSSR count). The zero-order chi connectivity index (χ0) is 14.8. The Kier molecular flexibility index (Phi) is 4.90. The van der Waals surface area contributed by atoms with E-state index in [0.29, 0.717) is 17.5 Å². The fourth-order valence-electron chi connectivity index (χ4n) is 3.72. The van der Waals surface area contributed by atoms with E-state index in [0.717, 1.165) is 5.92 Å². The van der Waals surface area contributed by atoms with Crippen molar-refractivity contribution in [2.75, 3.05) is 0 Å². The van der Waals surface area contributed by atoms with Crippen LogP contribution in [0, 0.1) is 18.3 Å². The van der Waals surface area contributed by atoms with Gasteiger partial charge in [-0.15, -0.1) is 0 Å². The maximum absolute atomic E-state index is 3.92. The Bertz CT molecular complexity index is 430. The van der Waals surface area contributed by atoms with E-state index in [1.54, 1.807) is 0 Å². The fraction of sp³-hybridized carbons (Fsp3) is 0.684. The zero-order valence-electron chi connectivity index (χ0n) is 13.9. The predicted molar refractivity (Wildman–Crippen MR) is 87.9 cm³/mol. The van der Waals surface area contributed by atoms with Crippen LogP contribution in [0.5, 0.6) is 0 Å². The lowest BCUT2D eigenvalue weighted by Crippen LogP contribution is -2.45. The van der Waals surface area contributed by atoms with E-state index >= 15 is 0 Å². The van der Waals surface area contributed by atoms with Crippen molar-refractivity contribution in [3.8, 4) is 0 Å². The molecule has 0 aromatic heterocycles. The molecule has 0 saturated heterocycles. The van der Waals surface area contributed by atoms with Crippen LogP contribution in [0.3, 0.4) is 0 Å². The van der Waals surface area contributed by atoms with E-state index in [4.69, 9.17) is 0 Å². The summed E-state index contributed by atoms with van der Waals surface area (Å²) in [5, 5.41) is 3.92. The first kappa shape index (κ1) is 15.6. The molecule has 0 radical (unpaired) electrons. The number of nitrogens with one attached hydrogen (secondary N) is 1. The van der Waals surface area contributed by atoms with Crippen LogP contribution in [0.25, 0.3) is 0 Å². The molecule has 2 unspecified atom stereocenters. The molecule has 1 N–H and O–H groups in total. The summed E-state index contributed by atoms with van der Waals surface area (Å²) in [6.45, 7) is 11.7. The molecule has 3 atom stereocenters. The Morgan fingerprint density at radius 3 is 2.50 bits per heavy atom. The Balaban J connectivity index is 2.07. The van der Waals surface area contributed by atoms with E-state index in [2.05, 4.69) is 64.2 Å². The van der Waals surface area contributed by atoms with Gasteiger partial charge in [-0.2, -0.15) is 0 Å². The summed E-state index contributed by atoms with van der Waals surface area (Å²) < 4.78 is 0. The van der Waals surface area contributed by atoms with Gasteiger partial charge in [0.2, 0.25) is 0 Å². The van der Waals surface area contributed by atoms with Gasteiger partial charge in [0.1, 0.15) is 0 Å². The van der Waals surface area contributed by atoms with Gasteiger partial charge in [0.05, 0.1) is 0 Å². The Morgan fingerprint density at radius 2 is 1.85 bits per heavy atom. The first-order valence-corrected chi connectivity index (χ1v) is 8.20. The average molecular weight is 273 g/mol. The molecule has 1 heteroatoms. The van der Waals surface area contributed by atoms with Gasteiger partial charge in [0.15, 0.2) is 0 Å². The molecule has 0 heterocycles. The van der Waals surface area contributed by atoms with Crippen LogP contribution in [0.15, 0.2) is 24.3 Å². The van der Waals surface area contributed by atoms with Crippen LogP contribution in [-0.2, 0) is 0 Å². The molecule has 1 saturated carbocycles. The highest BCUT2D eigenvalue weighted by atomic mass is 15.0. The van der Waals surface area contributed by atoms with Gasteiger partial charge in [-0.3, -0.25) is 0 Å². The number of hydrogen-bond acceptors (Lipinski definition) is 1. The summed E-state index contributed by atoms with van der Waals surface area (Å²) in [5.74, 6) is 0.795. The minimum Gasteiger partial charge on any atom is -0.307 e. The Labute approximate surface area is 125 Å². The molecule has 112 valence electrons. The van der Waals surface area contributed by atoms with Gasteiger partial charge < -0.3 is 5.32 Å². The number of benzene rings is 1. The summed E-state index contributed by atoms with van der Waals surface area (Å²) in [6.07, 6.45) is 5.49. The van der Waals surface area contributed by atoms with Crippen molar-refractivity contribution in [3.05, 3.63) is 35.4 Å². The van der Waals surface area contributed by atoms with Crippen molar-refractivity contribution < 1.29 is 0 Å². The van der Waals surface area contributed by atoms with Crippen LogP contribution in [0.2, 0.25) is 0 Å². The molecule has 1 aliphatic carbocycles. The van der Waals surface area contributed by atoms with Crippen molar-refractivity contribution in [2.24, 2.45) is 11.3 Å². The van der Waals surface area contributed by atoms with Gasteiger partial charge in [-0.1, -0.05) is 63.4 Å². The Morgan fingerprint density at radius 1 is 1.15 bits per heavy atom. The van der Waals surface area contributed by atoms with Gasteiger partial charge in [-0.25, -0.2) is 0 Å². The normalized spacial score (nSPS) is 25.4. The minimum atomic E-state index is 0.407. The molecule has 1 aromatic rings. The molecule has 1 aliphatic rings. The molecule has 0 aliphatic heterocycles. The van der Waals surface area contributed by atoms with Crippen LogP contribution in [-0.4, -0.2) is 6.04 Å². The fourth-order valence-corrected chi connectivity index (χ4v) is 3.72. The summed E-state index contributed by atoms with van der Waals surface area (Å²) in [7, 11) is 0. The van der Waals surface area contributed by atoms with Gasteiger partial charge in [0, 0.05) is 12.1 Å². The highest BCUT2D eigenvalue weighted by Gasteiger charge is 2.34. The maximum atomic E-state index is 3.92. The number of rotatable bonds is 3. The third-order valence-corrected chi connectivity index (χ3v) is 4.88. The van der Waals surface area contributed by atoms with Gasteiger partial charge in [0.25, 0.3) is 0 Å². The highest BCUT2D eigenvalue weighted by Crippen LogP contribution is 2.38. The number of hydrogen-bond donors (Lipinski definition) is 1. The number of aryl methyl sites for hydroxylation is 1. The molecule has 1 nitrogen and oxygen atoms in total. The largest absolute Gasteiger partial charge is 0.307 e. The summed E-state index contributed by atoms with van der Waals surface area (Å²) >= 11 is 0. The molecule has 20 heavy (non-hydrogen) atoms. The molecule has 1 fully saturated rings. The van der Waals surface area contributed by atoms with Crippen molar-refractivity contribution in [1.29, 1.82) is 0 Å². The first-order chi connectivity index (χ1) is 9.38. The van der Waals surface area contributed by atoms with Crippen molar-refractivity contribution in [3.63, 3.8) is 0 Å². The summed E-state index contributed by atoms with van der Waals surface area (Å²) in [4.78, 5) is 0. The van der Waals surface area contributed by atoms with E-state index in [1.165, 1.54) is 36.8 Å². The molecular weight excluding hydrogens is 242 g/mol. The van der Waals surface area contributed by atoms with E-state index in [1.807, 2.05) is 0 Å². The topological polar surface area (TPSA) is 12.0 Å². The van der Waals surface area contributed by atoms with Crippen molar-refractivity contribution in [2.45, 2.75) is 72.4 Å². The maximum Gasteiger partial charge on any atom is 0.0294 e. The van der Waals surface area contributed by atoms with E-state index < -0.39 is 0 Å². The Hall–Kier alpha value is -0.820. The van der Waals surface area contributed by atoms with E-state index in [-0.39, 0.29) is 0 Å². The second kappa shape index (κ2) is 6.30. The lowest BCUT2D eigenvalue weighted by molar-refractivity contribution is 0.124. The molecular formula is C19H31N. The molecule has 0 bridgehead atoms. The van der Waals surface area contributed by atoms with Gasteiger partial charge in [-0.05, 0) is 43.6 Å². The van der Waals surface area contributed by atoms with Crippen molar-refractivity contribution >= 4 is 0 Å². The van der Waals surface area contributed by atoms with E-state index in [9.17, 15) is 0 Å². The zero-order valence-corrected chi connectivity index (χ0v) is 13.9. The smallest absolute Gasteiger partial charge is 0.0294 e. The second-order valence-corrected chi connectivity index (χ2v) is 7.67. The summed E-state index contributed by atoms with van der Waals surface area (Å²) in [6, 6.07) is 10.0. The standard InChI is InChI=1S/C19H31N/c1-14-9-8-10-16(13-14)15(2)20-18-12-7-6-11-17(18)19(3,4)5/h8-10,13,15,17-18,20H,6-7,11-12H2,1-5H3/t15-,17?,18?/m1/s1. The van der Waals surface area contributed by atoms with Crippen LogP contribution in [0.1, 0.15) is 70.5 Å². The third-order valence-electron chi connectivity index (χ3n) is 4.88. The first-order valence-electron chi connectivity index (χ1n) is 8.20. The predicted octanol–water partition coefficient (Wildman–Crippen LogP) is 5.25. The van der Waals surface area contributed by atoms with Crippen LogP contribution < -0.4 is 5.32 Å². The highest BCUT2D eigenvalue weighted by molar-refractivity contribution is 5.24. The van der Waals surface area contributed by atoms with Crippen molar-refractivity contribution in [1.82, 2.24) is 5.32 Å².